The highest BCUT2D eigenvalue weighted by Crippen LogP contribution is 2.26. The van der Waals surface area contributed by atoms with E-state index in [1.807, 2.05) is 42.5 Å². The van der Waals surface area contributed by atoms with Gasteiger partial charge >= 0.3 is 0 Å². The predicted molar refractivity (Wildman–Crippen MR) is 110 cm³/mol. The van der Waals surface area contributed by atoms with Crippen LogP contribution in [0.25, 0.3) is 22.4 Å². The SMILES string of the molecule is COc1ccc(Br)cc1C=c1sc2nc(-c3ccccc3Br)nn2c1=O. The number of fused-ring (bicyclic) bond motifs is 1. The van der Waals surface area contributed by atoms with Crippen molar-refractivity contribution < 1.29 is 4.74 Å². The summed E-state index contributed by atoms with van der Waals surface area (Å²) >= 11 is 8.23. The minimum absolute atomic E-state index is 0.196. The van der Waals surface area contributed by atoms with Gasteiger partial charge < -0.3 is 4.74 Å². The van der Waals surface area contributed by atoms with Gasteiger partial charge in [0.2, 0.25) is 4.96 Å². The van der Waals surface area contributed by atoms with Crippen LogP contribution in [-0.2, 0) is 0 Å². The van der Waals surface area contributed by atoms with E-state index in [0.717, 1.165) is 20.1 Å². The fraction of sp³-hybridized carbons (Fsp3) is 0.0556. The zero-order valence-corrected chi connectivity index (χ0v) is 17.4. The fourth-order valence-corrected chi connectivity index (χ4v) is 4.29. The molecule has 0 amide bonds. The molecule has 2 heterocycles. The monoisotopic (exact) mass is 491 g/mol. The summed E-state index contributed by atoms with van der Waals surface area (Å²) in [7, 11) is 1.60. The van der Waals surface area contributed by atoms with Gasteiger partial charge in [-0.3, -0.25) is 4.79 Å². The average molecular weight is 493 g/mol. The molecule has 0 saturated heterocycles. The summed E-state index contributed by atoms with van der Waals surface area (Å²) < 4.78 is 9.05. The maximum absolute atomic E-state index is 12.7. The van der Waals surface area contributed by atoms with Crippen molar-refractivity contribution in [2.45, 2.75) is 0 Å². The first-order valence-electron chi connectivity index (χ1n) is 7.56. The molecule has 0 aliphatic carbocycles. The van der Waals surface area contributed by atoms with E-state index in [9.17, 15) is 4.79 Å². The summed E-state index contributed by atoms with van der Waals surface area (Å²) in [5, 5.41) is 4.38. The van der Waals surface area contributed by atoms with Crippen molar-refractivity contribution in [1.29, 1.82) is 0 Å². The molecule has 0 spiro atoms. The van der Waals surface area contributed by atoms with E-state index in [-0.39, 0.29) is 5.56 Å². The van der Waals surface area contributed by atoms with Gasteiger partial charge in [0, 0.05) is 20.1 Å². The molecule has 0 aliphatic heterocycles. The highest BCUT2D eigenvalue weighted by Gasteiger charge is 2.14. The second-order valence-electron chi connectivity index (χ2n) is 5.41. The van der Waals surface area contributed by atoms with Crippen LogP contribution in [0, 0.1) is 0 Å². The Morgan fingerprint density at radius 1 is 1.19 bits per heavy atom. The standard InChI is InChI=1S/C18H11Br2N3O2S/c1-25-14-7-6-11(19)8-10(14)9-15-17(24)23-18(26-15)21-16(22-23)12-4-2-3-5-13(12)20/h2-9H,1H3. The lowest BCUT2D eigenvalue weighted by Gasteiger charge is -2.04. The zero-order valence-electron chi connectivity index (χ0n) is 13.4. The minimum atomic E-state index is -0.196. The van der Waals surface area contributed by atoms with Crippen LogP contribution in [0.1, 0.15) is 5.56 Å². The molecule has 5 nitrogen and oxygen atoms in total. The van der Waals surface area contributed by atoms with Crippen molar-refractivity contribution in [3.63, 3.8) is 0 Å². The number of aromatic nitrogens is 3. The molecule has 26 heavy (non-hydrogen) atoms. The second kappa shape index (κ2) is 6.94. The van der Waals surface area contributed by atoms with Gasteiger partial charge in [-0.15, -0.1) is 5.10 Å². The Hall–Kier alpha value is -2.03. The first-order valence-corrected chi connectivity index (χ1v) is 9.97. The third-order valence-electron chi connectivity index (χ3n) is 3.77. The summed E-state index contributed by atoms with van der Waals surface area (Å²) in [6.07, 6.45) is 1.80. The van der Waals surface area contributed by atoms with Gasteiger partial charge in [-0.1, -0.05) is 55.3 Å². The Kier molecular flexibility index (Phi) is 4.64. The normalized spacial score (nSPS) is 12.0. The van der Waals surface area contributed by atoms with E-state index in [4.69, 9.17) is 4.74 Å². The third kappa shape index (κ3) is 3.08. The smallest absolute Gasteiger partial charge is 0.291 e. The van der Waals surface area contributed by atoms with Gasteiger partial charge in [-0.25, -0.2) is 0 Å². The molecule has 2 aromatic heterocycles. The Labute approximate surface area is 169 Å². The van der Waals surface area contributed by atoms with E-state index >= 15 is 0 Å². The van der Waals surface area contributed by atoms with Crippen molar-refractivity contribution in [2.24, 2.45) is 0 Å². The molecule has 0 radical (unpaired) electrons. The Morgan fingerprint density at radius 2 is 2.00 bits per heavy atom. The zero-order chi connectivity index (χ0) is 18.3. The number of ether oxygens (including phenoxy) is 1. The molecule has 0 N–H and O–H groups in total. The van der Waals surface area contributed by atoms with Gasteiger partial charge in [0.1, 0.15) is 5.75 Å². The van der Waals surface area contributed by atoms with Crippen molar-refractivity contribution in [2.75, 3.05) is 7.11 Å². The summed E-state index contributed by atoms with van der Waals surface area (Å²) in [6, 6.07) is 13.3. The molecule has 8 heteroatoms. The van der Waals surface area contributed by atoms with E-state index in [0.29, 0.717) is 21.1 Å². The quantitative estimate of drug-likeness (QED) is 0.435. The summed E-state index contributed by atoms with van der Waals surface area (Å²) in [5.41, 5.74) is 1.47. The number of halogens is 2. The Morgan fingerprint density at radius 3 is 2.73 bits per heavy atom. The van der Waals surface area contributed by atoms with Gasteiger partial charge in [-0.2, -0.15) is 9.50 Å². The lowest BCUT2D eigenvalue weighted by Crippen LogP contribution is -2.23. The highest BCUT2D eigenvalue weighted by atomic mass is 79.9. The number of methoxy groups -OCH3 is 1. The molecular weight excluding hydrogens is 482 g/mol. The van der Waals surface area contributed by atoms with E-state index in [1.165, 1.54) is 15.9 Å². The van der Waals surface area contributed by atoms with E-state index in [1.54, 1.807) is 13.2 Å². The topological polar surface area (TPSA) is 56.5 Å². The molecule has 4 aromatic rings. The van der Waals surface area contributed by atoms with Crippen LogP contribution in [0.3, 0.4) is 0 Å². The second-order valence-corrected chi connectivity index (χ2v) is 8.19. The molecule has 0 bridgehead atoms. The summed E-state index contributed by atoms with van der Waals surface area (Å²) in [6.45, 7) is 0. The van der Waals surface area contributed by atoms with Gasteiger partial charge in [0.25, 0.3) is 5.56 Å². The van der Waals surface area contributed by atoms with Crippen LogP contribution in [0.15, 0.2) is 56.2 Å². The predicted octanol–water partition coefficient (Wildman–Crippen LogP) is 3.90. The number of thiazole rings is 1. The van der Waals surface area contributed by atoms with Crippen molar-refractivity contribution in [1.82, 2.24) is 14.6 Å². The van der Waals surface area contributed by atoms with Crippen LogP contribution in [0.5, 0.6) is 5.75 Å². The van der Waals surface area contributed by atoms with Crippen LogP contribution in [-0.4, -0.2) is 21.7 Å². The number of hydrogen-bond acceptors (Lipinski definition) is 5. The maximum Gasteiger partial charge on any atom is 0.291 e. The molecule has 4 rings (SSSR count). The van der Waals surface area contributed by atoms with Crippen molar-refractivity contribution in [3.05, 3.63) is 71.9 Å². The third-order valence-corrected chi connectivity index (χ3v) is 5.92. The Bertz CT molecular complexity index is 1230. The average Bonchev–Trinajstić information content (AvgIpc) is 3.16. The first-order chi connectivity index (χ1) is 12.6. The number of hydrogen-bond donors (Lipinski definition) is 0. The van der Waals surface area contributed by atoms with Crippen LogP contribution in [0.4, 0.5) is 0 Å². The molecule has 2 aromatic carbocycles. The van der Waals surface area contributed by atoms with Gasteiger partial charge in [0.15, 0.2) is 5.82 Å². The molecule has 0 aliphatic rings. The lowest BCUT2D eigenvalue weighted by molar-refractivity contribution is 0.414. The van der Waals surface area contributed by atoms with Gasteiger partial charge in [0.05, 0.1) is 11.6 Å². The van der Waals surface area contributed by atoms with E-state index < -0.39 is 0 Å². The van der Waals surface area contributed by atoms with Gasteiger partial charge in [-0.05, 0) is 36.4 Å². The molecule has 0 unspecified atom stereocenters. The summed E-state index contributed by atoms with van der Waals surface area (Å²) in [4.78, 5) is 17.8. The largest absolute Gasteiger partial charge is 0.496 e. The number of benzene rings is 2. The number of nitrogens with zero attached hydrogens (tertiary/aromatic N) is 3. The molecular formula is C18H11Br2N3O2S. The minimum Gasteiger partial charge on any atom is -0.496 e. The maximum atomic E-state index is 12.7. The van der Waals surface area contributed by atoms with Crippen LogP contribution in [0.2, 0.25) is 0 Å². The Balaban J connectivity index is 1.86. The molecule has 0 atom stereocenters. The van der Waals surface area contributed by atoms with Crippen LogP contribution >= 0.6 is 43.2 Å². The first kappa shape index (κ1) is 17.4. The summed E-state index contributed by atoms with van der Waals surface area (Å²) in [5.74, 6) is 1.22. The lowest BCUT2D eigenvalue weighted by atomic mass is 10.2. The van der Waals surface area contributed by atoms with Crippen molar-refractivity contribution >= 4 is 54.2 Å². The number of rotatable bonds is 3. The highest BCUT2D eigenvalue weighted by molar-refractivity contribution is 9.10. The van der Waals surface area contributed by atoms with Crippen LogP contribution < -0.4 is 14.8 Å². The molecule has 0 saturated carbocycles. The van der Waals surface area contributed by atoms with E-state index in [2.05, 4.69) is 41.9 Å². The molecule has 0 fully saturated rings. The molecule has 130 valence electrons. The van der Waals surface area contributed by atoms with Crippen molar-refractivity contribution in [3.8, 4) is 17.1 Å². The fourth-order valence-electron chi connectivity index (χ4n) is 2.55.